The molecule has 1 saturated heterocycles. The van der Waals surface area contributed by atoms with Crippen molar-refractivity contribution in [2.75, 3.05) is 42.8 Å². The van der Waals surface area contributed by atoms with Gasteiger partial charge in [-0.2, -0.15) is 0 Å². The molecule has 1 aliphatic rings. The third kappa shape index (κ3) is 4.31. The fourth-order valence-electron chi connectivity index (χ4n) is 3.02. The Kier molecular flexibility index (Phi) is 5.75. The summed E-state index contributed by atoms with van der Waals surface area (Å²) in [5.74, 6) is 0. The van der Waals surface area contributed by atoms with E-state index in [4.69, 9.17) is 11.6 Å². The number of piperazine rings is 1. The summed E-state index contributed by atoms with van der Waals surface area (Å²) in [7, 11) is -1.59. The lowest BCUT2D eigenvalue weighted by molar-refractivity contribution is 0.313. The summed E-state index contributed by atoms with van der Waals surface area (Å²) in [6.45, 7) is 5.60. The molecule has 1 aliphatic heterocycles. The van der Waals surface area contributed by atoms with Gasteiger partial charge < -0.3 is 9.80 Å². The summed E-state index contributed by atoms with van der Waals surface area (Å²) in [4.78, 5) is 4.69. The molecule has 1 fully saturated rings. The number of anilines is 2. The lowest BCUT2D eigenvalue weighted by Crippen LogP contribution is -2.44. The van der Waals surface area contributed by atoms with Gasteiger partial charge in [0.2, 0.25) is 0 Å². The van der Waals surface area contributed by atoms with E-state index in [1.54, 1.807) is 24.3 Å². The van der Waals surface area contributed by atoms with Crippen LogP contribution in [0.3, 0.4) is 0 Å². The lowest BCUT2D eigenvalue weighted by Gasteiger charge is -2.35. The Balaban J connectivity index is 1.89. The Labute approximate surface area is 160 Å². The summed E-state index contributed by atoms with van der Waals surface area (Å²) in [6.07, 6.45) is 0.871. The summed E-state index contributed by atoms with van der Waals surface area (Å²) >= 11 is 6.13. The van der Waals surface area contributed by atoms with Gasteiger partial charge >= 0.3 is 0 Å². The van der Waals surface area contributed by atoms with Crippen LogP contribution >= 0.6 is 11.6 Å². The molecule has 0 aromatic heterocycles. The first-order valence-electron chi connectivity index (χ1n) is 8.74. The van der Waals surface area contributed by atoms with Gasteiger partial charge in [0.05, 0.1) is 16.3 Å². The van der Waals surface area contributed by atoms with Crippen molar-refractivity contribution in [3.8, 4) is 0 Å². The molecular weight excluding hydrogens is 370 g/mol. The molecule has 26 heavy (non-hydrogen) atoms. The van der Waals surface area contributed by atoms with Gasteiger partial charge in [0.1, 0.15) is 0 Å². The summed E-state index contributed by atoms with van der Waals surface area (Å²) in [6, 6.07) is 12.3. The van der Waals surface area contributed by atoms with Crippen molar-refractivity contribution in [1.82, 2.24) is 4.90 Å². The van der Waals surface area contributed by atoms with Crippen molar-refractivity contribution in [3.05, 3.63) is 53.1 Å². The van der Waals surface area contributed by atoms with E-state index < -0.39 is 10.0 Å². The number of nitrogens with zero attached hydrogens (tertiary/aromatic N) is 2. The summed E-state index contributed by atoms with van der Waals surface area (Å²) in [5.41, 5.74) is 2.47. The predicted octanol–water partition coefficient (Wildman–Crippen LogP) is 3.46. The van der Waals surface area contributed by atoms with Crippen molar-refractivity contribution in [2.24, 2.45) is 0 Å². The number of benzene rings is 2. The smallest absolute Gasteiger partial charge is 0.261 e. The lowest BCUT2D eigenvalue weighted by atomic mass is 10.2. The SMILES string of the molecule is CCc1ccc(S(=O)(=O)Nc2cc(Cl)ccc2N2CCN(C)CC2)cc1. The Morgan fingerprint density at radius 3 is 2.31 bits per heavy atom. The molecule has 0 aliphatic carbocycles. The Bertz CT molecular complexity index is 861. The van der Waals surface area contributed by atoms with Crippen LogP contribution in [0, 0.1) is 0 Å². The van der Waals surface area contributed by atoms with Crippen LogP contribution in [0.15, 0.2) is 47.4 Å². The Morgan fingerprint density at radius 1 is 1.04 bits per heavy atom. The molecule has 1 N–H and O–H groups in total. The van der Waals surface area contributed by atoms with Crippen LogP contribution < -0.4 is 9.62 Å². The number of halogens is 1. The van der Waals surface area contributed by atoms with E-state index in [0.29, 0.717) is 10.7 Å². The molecule has 7 heteroatoms. The van der Waals surface area contributed by atoms with E-state index in [1.807, 2.05) is 25.1 Å². The minimum atomic E-state index is -3.67. The van der Waals surface area contributed by atoms with Gasteiger partial charge in [-0.25, -0.2) is 8.42 Å². The highest BCUT2D eigenvalue weighted by atomic mass is 35.5. The molecule has 0 spiro atoms. The fraction of sp³-hybridized carbons (Fsp3) is 0.368. The van der Waals surface area contributed by atoms with Gasteiger partial charge in [-0.05, 0) is 49.4 Å². The van der Waals surface area contributed by atoms with Crippen LogP contribution in [-0.4, -0.2) is 46.5 Å². The van der Waals surface area contributed by atoms with Crippen LogP contribution in [0.25, 0.3) is 0 Å². The molecule has 3 rings (SSSR count). The van der Waals surface area contributed by atoms with Crippen molar-refractivity contribution in [2.45, 2.75) is 18.2 Å². The first-order chi connectivity index (χ1) is 12.4. The second kappa shape index (κ2) is 7.86. The quantitative estimate of drug-likeness (QED) is 0.845. The Hall–Kier alpha value is -1.76. The predicted molar refractivity (Wildman–Crippen MR) is 108 cm³/mol. The van der Waals surface area contributed by atoms with Crippen molar-refractivity contribution in [3.63, 3.8) is 0 Å². The van der Waals surface area contributed by atoms with E-state index >= 15 is 0 Å². The van der Waals surface area contributed by atoms with Gasteiger partial charge in [0, 0.05) is 31.2 Å². The second-order valence-electron chi connectivity index (χ2n) is 6.55. The van der Waals surface area contributed by atoms with Crippen LogP contribution in [0.1, 0.15) is 12.5 Å². The van der Waals surface area contributed by atoms with Crippen LogP contribution in [0.4, 0.5) is 11.4 Å². The number of hydrogen-bond donors (Lipinski definition) is 1. The molecule has 0 bridgehead atoms. The largest absolute Gasteiger partial charge is 0.367 e. The maximum atomic E-state index is 12.8. The zero-order chi connectivity index (χ0) is 18.7. The molecule has 1 heterocycles. The third-order valence-electron chi connectivity index (χ3n) is 4.69. The third-order valence-corrected chi connectivity index (χ3v) is 6.31. The van der Waals surface area contributed by atoms with E-state index in [-0.39, 0.29) is 4.90 Å². The van der Waals surface area contributed by atoms with Crippen LogP contribution in [0.2, 0.25) is 5.02 Å². The first kappa shape index (κ1) is 19.0. The minimum absolute atomic E-state index is 0.249. The van der Waals surface area contributed by atoms with Crippen molar-refractivity contribution < 1.29 is 8.42 Å². The number of likely N-dealkylation sites (N-methyl/N-ethyl adjacent to an activating group) is 1. The molecule has 2 aromatic rings. The molecule has 2 aromatic carbocycles. The number of sulfonamides is 1. The molecule has 140 valence electrons. The average molecular weight is 394 g/mol. The van der Waals surface area contributed by atoms with E-state index in [9.17, 15) is 8.42 Å². The number of rotatable bonds is 5. The van der Waals surface area contributed by atoms with Gasteiger partial charge in [-0.1, -0.05) is 30.7 Å². The second-order valence-corrected chi connectivity index (χ2v) is 8.67. The standard InChI is InChI=1S/C19H24ClN3O2S/c1-3-15-4-7-17(8-5-15)26(24,25)21-18-14-16(20)6-9-19(18)23-12-10-22(2)11-13-23/h4-9,14,21H,3,10-13H2,1-2H3. The number of hydrogen-bond acceptors (Lipinski definition) is 4. The topological polar surface area (TPSA) is 52.7 Å². The first-order valence-corrected chi connectivity index (χ1v) is 10.6. The Morgan fingerprint density at radius 2 is 1.69 bits per heavy atom. The summed E-state index contributed by atoms with van der Waals surface area (Å²) in [5, 5.41) is 0.502. The maximum absolute atomic E-state index is 12.8. The molecule has 0 saturated carbocycles. The molecule has 0 unspecified atom stereocenters. The highest BCUT2D eigenvalue weighted by molar-refractivity contribution is 7.92. The fourth-order valence-corrected chi connectivity index (χ4v) is 4.26. The molecule has 0 atom stereocenters. The zero-order valence-electron chi connectivity index (χ0n) is 15.1. The molecule has 0 amide bonds. The van der Waals surface area contributed by atoms with E-state index in [2.05, 4.69) is 21.6 Å². The maximum Gasteiger partial charge on any atom is 0.261 e. The van der Waals surface area contributed by atoms with E-state index in [1.165, 1.54) is 0 Å². The average Bonchev–Trinajstić information content (AvgIpc) is 2.62. The molecule has 0 radical (unpaired) electrons. The number of aryl methyl sites for hydroxylation is 1. The van der Waals surface area contributed by atoms with Gasteiger partial charge in [-0.3, -0.25) is 4.72 Å². The normalized spacial score (nSPS) is 15.9. The van der Waals surface area contributed by atoms with Gasteiger partial charge in [0.25, 0.3) is 10.0 Å². The molecule has 5 nitrogen and oxygen atoms in total. The van der Waals surface area contributed by atoms with Crippen LogP contribution in [0.5, 0.6) is 0 Å². The molecular formula is C19H24ClN3O2S. The van der Waals surface area contributed by atoms with Crippen LogP contribution in [-0.2, 0) is 16.4 Å². The minimum Gasteiger partial charge on any atom is -0.367 e. The zero-order valence-corrected chi connectivity index (χ0v) is 16.6. The highest BCUT2D eigenvalue weighted by Crippen LogP contribution is 2.31. The summed E-state index contributed by atoms with van der Waals surface area (Å²) < 4.78 is 28.4. The van der Waals surface area contributed by atoms with Gasteiger partial charge in [0.15, 0.2) is 0 Å². The van der Waals surface area contributed by atoms with Crippen molar-refractivity contribution in [1.29, 1.82) is 0 Å². The van der Waals surface area contributed by atoms with Gasteiger partial charge in [-0.15, -0.1) is 0 Å². The van der Waals surface area contributed by atoms with E-state index in [0.717, 1.165) is 43.9 Å². The van der Waals surface area contributed by atoms with Crippen molar-refractivity contribution >= 4 is 33.0 Å². The monoisotopic (exact) mass is 393 g/mol. The highest BCUT2D eigenvalue weighted by Gasteiger charge is 2.21. The number of nitrogens with one attached hydrogen (secondary N) is 1.